The van der Waals surface area contributed by atoms with Gasteiger partial charge in [-0.1, -0.05) is 11.6 Å². The largest absolute Gasteiger partial charge is 0.497 e. The highest BCUT2D eigenvalue weighted by atomic mass is 16.5. The maximum Gasteiger partial charge on any atom is 0.118 e. The van der Waals surface area contributed by atoms with Gasteiger partial charge in [-0.3, -0.25) is 0 Å². The van der Waals surface area contributed by atoms with Gasteiger partial charge >= 0.3 is 0 Å². The molecule has 0 amide bonds. The molecule has 0 spiro atoms. The molecule has 0 saturated heterocycles. The predicted molar refractivity (Wildman–Crippen MR) is 62.4 cm³/mol. The predicted octanol–water partition coefficient (Wildman–Crippen LogP) is 3.57. The van der Waals surface area contributed by atoms with Crippen LogP contribution in [-0.2, 0) is 9.47 Å². The third kappa shape index (κ3) is 4.73. The van der Waals surface area contributed by atoms with E-state index in [-0.39, 0.29) is 0 Å². The molecular formula is C13H20O2. The number of rotatable bonds is 5. The van der Waals surface area contributed by atoms with E-state index < -0.39 is 0 Å². The Bertz CT molecular complexity index is 281. The summed E-state index contributed by atoms with van der Waals surface area (Å²) >= 11 is 0. The van der Waals surface area contributed by atoms with Crippen molar-refractivity contribution in [1.82, 2.24) is 0 Å². The molecule has 84 valence electrons. The average Bonchev–Trinajstić information content (AvgIpc) is 2.24. The molecule has 0 saturated carbocycles. The van der Waals surface area contributed by atoms with Crippen LogP contribution < -0.4 is 0 Å². The summed E-state index contributed by atoms with van der Waals surface area (Å²) in [5, 5.41) is 0. The van der Waals surface area contributed by atoms with Crippen molar-refractivity contribution < 1.29 is 9.47 Å². The van der Waals surface area contributed by atoms with Gasteiger partial charge in [-0.05, 0) is 32.8 Å². The number of methoxy groups -OCH3 is 1. The molecule has 0 heterocycles. The smallest absolute Gasteiger partial charge is 0.118 e. The van der Waals surface area contributed by atoms with E-state index >= 15 is 0 Å². The maximum absolute atomic E-state index is 5.66. The lowest BCUT2D eigenvalue weighted by Gasteiger charge is -2.13. The van der Waals surface area contributed by atoms with Gasteiger partial charge in [0.15, 0.2) is 0 Å². The molecule has 15 heavy (non-hydrogen) atoms. The summed E-state index contributed by atoms with van der Waals surface area (Å²) in [5.74, 6) is 1.95. The minimum Gasteiger partial charge on any atom is -0.497 e. The second-order valence-electron chi connectivity index (χ2n) is 3.88. The lowest BCUT2D eigenvalue weighted by atomic mass is 10.1. The zero-order valence-electron chi connectivity index (χ0n) is 9.88. The van der Waals surface area contributed by atoms with Gasteiger partial charge in [-0.15, -0.1) is 0 Å². The van der Waals surface area contributed by atoms with Gasteiger partial charge in [0.2, 0.25) is 0 Å². The molecule has 0 fully saturated rings. The molecule has 0 aliphatic heterocycles. The highest BCUT2D eigenvalue weighted by Crippen LogP contribution is 2.18. The summed E-state index contributed by atoms with van der Waals surface area (Å²) in [6.07, 6.45) is 9.23. The first kappa shape index (κ1) is 11.9. The van der Waals surface area contributed by atoms with Crippen molar-refractivity contribution in [2.75, 3.05) is 13.7 Å². The quantitative estimate of drug-likeness (QED) is 0.508. The number of ether oxygens (including phenoxy) is 2. The van der Waals surface area contributed by atoms with Crippen molar-refractivity contribution in [3.63, 3.8) is 0 Å². The second kappa shape index (κ2) is 6.33. The van der Waals surface area contributed by atoms with E-state index in [1.165, 1.54) is 5.57 Å². The molecule has 1 rings (SSSR count). The van der Waals surface area contributed by atoms with Crippen molar-refractivity contribution in [2.24, 2.45) is 0 Å². The monoisotopic (exact) mass is 208 g/mol. The fourth-order valence-corrected chi connectivity index (χ4v) is 1.44. The topological polar surface area (TPSA) is 18.5 Å². The Balaban J connectivity index is 2.30. The standard InChI is InChI=1S/C13H20O2/c1-11(2)6-5-9-15-13-8-4-7-12(10-13)14-3/h6-7,10H,4-5,8-9H2,1-3H3. The van der Waals surface area contributed by atoms with Gasteiger partial charge < -0.3 is 9.47 Å². The van der Waals surface area contributed by atoms with Crippen LogP contribution in [0.25, 0.3) is 0 Å². The molecule has 1 aliphatic rings. The van der Waals surface area contributed by atoms with E-state index in [1.54, 1.807) is 7.11 Å². The molecule has 2 heteroatoms. The minimum absolute atomic E-state index is 0.758. The first-order valence-corrected chi connectivity index (χ1v) is 5.43. The van der Waals surface area contributed by atoms with Crippen molar-refractivity contribution >= 4 is 0 Å². The third-order valence-electron chi connectivity index (χ3n) is 2.23. The van der Waals surface area contributed by atoms with E-state index in [1.807, 2.05) is 6.08 Å². The number of hydrogen-bond acceptors (Lipinski definition) is 2. The molecule has 0 aromatic rings. The van der Waals surface area contributed by atoms with Crippen LogP contribution in [0.3, 0.4) is 0 Å². The average molecular weight is 208 g/mol. The van der Waals surface area contributed by atoms with Crippen LogP contribution in [0.4, 0.5) is 0 Å². The van der Waals surface area contributed by atoms with Gasteiger partial charge in [0.05, 0.1) is 19.5 Å². The lowest BCUT2D eigenvalue weighted by molar-refractivity contribution is 0.200. The zero-order valence-corrected chi connectivity index (χ0v) is 9.88. The SMILES string of the molecule is COC1=CCCC(OCCC=C(C)C)=C1. The van der Waals surface area contributed by atoms with Crippen LogP contribution in [0.5, 0.6) is 0 Å². The van der Waals surface area contributed by atoms with E-state index in [4.69, 9.17) is 9.47 Å². The second-order valence-corrected chi connectivity index (χ2v) is 3.88. The summed E-state index contributed by atoms with van der Waals surface area (Å²) < 4.78 is 10.8. The Morgan fingerprint density at radius 3 is 2.93 bits per heavy atom. The van der Waals surface area contributed by atoms with Gasteiger partial charge in [-0.2, -0.15) is 0 Å². The molecule has 0 radical (unpaired) electrons. The van der Waals surface area contributed by atoms with E-state index in [0.29, 0.717) is 0 Å². The summed E-state index contributed by atoms with van der Waals surface area (Å²) in [6, 6.07) is 0. The fourth-order valence-electron chi connectivity index (χ4n) is 1.44. The molecule has 2 nitrogen and oxygen atoms in total. The van der Waals surface area contributed by atoms with Crippen LogP contribution in [0, 0.1) is 0 Å². The molecule has 0 atom stereocenters. The third-order valence-corrected chi connectivity index (χ3v) is 2.23. The molecule has 0 aromatic heterocycles. The Morgan fingerprint density at radius 1 is 1.47 bits per heavy atom. The van der Waals surface area contributed by atoms with Gasteiger partial charge in [0.1, 0.15) is 5.76 Å². The summed E-state index contributed by atoms with van der Waals surface area (Å²) in [4.78, 5) is 0. The molecule has 0 aromatic carbocycles. The van der Waals surface area contributed by atoms with Crippen molar-refractivity contribution in [3.8, 4) is 0 Å². The number of hydrogen-bond donors (Lipinski definition) is 0. The normalized spacial score (nSPS) is 15.1. The molecule has 0 unspecified atom stereocenters. The Labute approximate surface area is 92.3 Å². The molecular weight excluding hydrogens is 188 g/mol. The summed E-state index contributed by atoms with van der Waals surface area (Å²) in [7, 11) is 1.69. The molecule has 1 aliphatic carbocycles. The van der Waals surface area contributed by atoms with Crippen molar-refractivity contribution in [3.05, 3.63) is 35.3 Å². The maximum atomic E-state index is 5.66. The Morgan fingerprint density at radius 2 is 2.27 bits per heavy atom. The van der Waals surface area contributed by atoms with Gasteiger partial charge in [0.25, 0.3) is 0 Å². The zero-order chi connectivity index (χ0) is 11.1. The Kier molecular flexibility index (Phi) is 5.02. The highest BCUT2D eigenvalue weighted by Gasteiger charge is 2.05. The fraction of sp³-hybridized carbons (Fsp3) is 0.538. The van der Waals surface area contributed by atoms with Gasteiger partial charge in [-0.25, -0.2) is 0 Å². The van der Waals surface area contributed by atoms with E-state index in [0.717, 1.165) is 37.4 Å². The van der Waals surface area contributed by atoms with Crippen LogP contribution in [-0.4, -0.2) is 13.7 Å². The summed E-state index contributed by atoms with van der Waals surface area (Å²) in [6.45, 7) is 4.96. The summed E-state index contributed by atoms with van der Waals surface area (Å²) in [5.41, 5.74) is 1.34. The van der Waals surface area contributed by atoms with Crippen molar-refractivity contribution in [2.45, 2.75) is 33.1 Å². The van der Waals surface area contributed by atoms with Crippen molar-refractivity contribution in [1.29, 1.82) is 0 Å². The first-order valence-electron chi connectivity index (χ1n) is 5.43. The number of allylic oxidation sites excluding steroid dienone is 4. The highest BCUT2D eigenvalue weighted by molar-refractivity contribution is 5.19. The molecule has 0 bridgehead atoms. The van der Waals surface area contributed by atoms with Crippen LogP contribution >= 0.6 is 0 Å². The van der Waals surface area contributed by atoms with Crippen LogP contribution in [0.2, 0.25) is 0 Å². The lowest BCUT2D eigenvalue weighted by Crippen LogP contribution is -1.99. The minimum atomic E-state index is 0.758. The Hall–Kier alpha value is -1.18. The molecule has 0 N–H and O–H groups in total. The van der Waals surface area contributed by atoms with E-state index in [2.05, 4.69) is 26.0 Å². The van der Waals surface area contributed by atoms with Crippen LogP contribution in [0.1, 0.15) is 33.1 Å². The van der Waals surface area contributed by atoms with Gasteiger partial charge in [0, 0.05) is 12.5 Å². The first-order chi connectivity index (χ1) is 7.22. The van der Waals surface area contributed by atoms with Crippen LogP contribution in [0.15, 0.2) is 35.3 Å². The van der Waals surface area contributed by atoms with E-state index in [9.17, 15) is 0 Å².